The van der Waals surface area contributed by atoms with Crippen LogP contribution in [0.15, 0.2) is 36.0 Å². The molecule has 1 saturated heterocycles. The summed E-state index contributed by atoms with van der Waals surface area (Å²) in [6.07, 6.45) is 5.18. The van der Waals surface area contributed by atoms with Crippen LogP contribution in [0.4, 0.5) is 0 Å². The number of benzene rings is 1. The summed E-state index contributed by atoms with van der Waals surface area (Å²) in [6.45, 7) is 1.09. The largest absolute Gasteiger partial charge is 0.319 e. The Morgan fingerprint density at radius 3 is 3.06 bits per heavy atom. The Bertz CT molecular complexity index is 565. The van der Waals surface area contributed by atoms with E-state index in [1.165, 1.54) is 17.7 Å². The second kappa shape index (κ2) is 2.96. The molecule has 0 bridgehead atoms. The van der Waals surface area contributed by atoms with Crippen LogP contribution >= 0.6 is 11.9 Å². The van der Waals surface area contributed by atoms with E-state index in [1.54, 1.807) is 11.9 Å². The highest BCUT2D eigenvalue weighted by Crippen LogP contribution is 2.67. The van der Waals surface area contributed by atoms with E-state index in [1.807, 2.05) is 18.2 Å². The van der Waals surface area contributed by atoms with Crippen molar-refractivity contribution < 1.29 is 4.79 Å². The van der Waals surface area contributed by atoms with Gasteiger partial charge in [-0.3, -0.25) is 4.79 Å². The van der Waals surface area contributed by atoms with Gasteiger partial charge in [0.05, 0.1) is 0 Å². The molecule has 0 aromatic heterocycles. The maximum absolute atomic E-state index is 12.1. The lowest BCUT2D eigenvalue weighted by Crippen LogP contribution is -2.25. The molecule has 0 radical (unpaired) electrons. The maximum Gasteiger partial charge on any atom is 0.187 e. The molecule has 2 nitrogen and oxygen atoms in total. The Labute approximate surface area is 105 Å². The van der Waals surface area contributed by atoms with Crippen molar-refractivity contribution in [1.82, 2.24) is 4.31 Å². The van der Waals surface area contributed by atoms with Crippen LogP contribution in [0, 0.1) is 5.92 Å². The average molecular weight is 243 g/mol. The van der Waals surface area contributed by atoms with Crippen molar-refractivity contribution in [2.24, 2.45) is 5.92 Å². The third-order valence-corrected chi connectivity index (χ3v) is 5.17. The van der Waals surface area contributed by atoms with E-state index >= 15 is 0 Å². The van der Waals surface area contributed by atoms with Crippen molar-refractivity contribution in [1.29, 1.82) is 0 Å². The molecular formula is C14H13NOS. The molecule has 3 aliphatic rings. The van der Waals surface area contributed by atoms with E-state index in [2.05, 4.69) is 22.7 Å². The van der Waals surface area contributed by atoms with Gasteiger partial charge in [0.15, 0.2) is 5.78 Å². The predicted molar refractivity (Wildman–Crippen MR) is 68.9 cm³/mol. The first-order valence-electron chi connectivity index (χ1n) is 5.95. The first kappa shape index (κ1) is 9.77. The highest BCUT2D eigenvalue weighted by atomic mass is 32.2. The number of allylic oxidation sites excluding steroid dienone is 2. The van der Waals surface area contributed by atoms with Gasteiger partial charge < -0.3 is 4.31 Å². The molecule has 4 rings (SSSR count). The summed E-state index contributed by atoms with van der Waals surface area (Å²) in [4.78, 5) is 12.1. The number of hydrogen-bond donors (Lipinski definition) is 0. The van der Waals surface area contributed by atoms with Gasteiger partial charge in [-0.2, -0.15) is 0 Å². The van der Waals surface area contributed by atoms with Crippen molar-refractivity contribution in [2.75, 3.05) is 12.8 Å². The molecule has 2 fully saturated rings. The third-order valence-electron chi connectivity index (χ3n) is 4.38. The molecule has 1 aromatic carbocycles. The van der Waals surface area contributed by atoms with E-state index in [9.17, 15) is 4.79 Å². The minimum atomic E-state index is 0.174. The van der Waals surface area contributed by atoms with E-state index in [4.69, 9.17) is 0 Å². The quantitative estimate of drug-likeness (QED) is 0.707. The van der Waals surface area contributed by atoms with Crippen molar-refractivity contribution in [2.45, 2.75) is 11.8 Å². The SMILES string of the molecule is CSN1CC2CC23C1=CC(=O)c1ccccc13. The van der Waals surface area contributed by atoms with Crippen molar-refractivity contribution >= 4 is 17.7 Å². The summed E-state index contributed by atoms with van der Waals surface area (Å²) in [7, 11) is 0. The summed E-state index contributed by atoms with van der Waals surface area (Å²) in [5.41, 5.74) is 3.62. The Morgan fingerprint density at radius 2 is 2.24 bits per heavy atom. The highest BCUT2D eigenvalue weighted by Gasteiger charge is 2.66. The molecule has 17 heavy (non-hydrogen) atoms. The van der Waals surface area contributed by atoms with Crippen LogP contribution in [0.5, 0.6) is 0 Å². The van der Waals surface area contributed by atoms with Gasteiger partial charge in [0.2, 0.25) is 0 Å². The van der Waals surface area contributed by atoms with Crippen molar-refractivity contribution in [3.63, 3.8) is 0 Å². The Balaban J connectivity index is 1.95. The van der Waals surface area contributed by atoms with Gasteiger partial charge >= 0.3 is 0 Å². The van der Waals surface area contributed by atoms with E-state index in [-0.39, 0.29) is 11.2 Å². The first-order chi connectivity index (χ1) is 8.27. The molecule has 1 spiro atoms. The van der Waals surface area contributed by atoms with E-state index in [0.717, 1.165) is 18.0 Å². The maximum atomic E-state index is 12.1. The summed E-state index contributed by atoms with van der Waals surface area (Å²) in [5.74, 6) is 0.892. The number of nitrogens with zero attached hydrogens (tertiary/aromatic N) is 1. The van der Waals surface area contributed by atoms with Crippen LogP contribution in [-0.2, 0) is 5.41 Å². The molecule has 0 N–H and O–H groups in total. The minimum absolute atomic E-state index is 0.174. The van der Waals surface area contributed by atoms with E-state index < -0.39 is 0 Å². The van der Waals surface area contributed by atoms with Crippen LogP contribution in [0.1, 0.15) is 22.3 Å². The lowest BCUT2D eigenvalue weighted by atomic mass is 9.82. The minimum Gasteiger partial charge on any atom is -0.319 e. The molecule has 1 saturated carbocycles. The van der Waals surface area contributed by atoms with Gasteiger partial charge in [0.1, 0.15) is 0 Å². The molecular weight excluding hydrogens is 230 g/mol. The zero-order valence-corrected chi connectivity index (χ0v) is 10.5. The molecule has 86 valence electrons. The number of ketones is 1. The smallest absolute Gasteiger partial charge is 0.187 e. The van der Waals surface area contributed by atoms with Crippen LogP contribution in [-0.4, -0.2) is 22.9 Å². The number of carbonyl (C=O) groups excluding carboxylic acids is 1. The normalized spacial score (nSPS) is 32.8. The van der Waals surface area contributed by atoms with Gasteiger partial charge in [-0.25, -0.2) is 0 Å². The second-order valence-corrected chi connectivity index (χ2v) is 5.86. The Hall–Kier alpha value is -1.22. The molecule has 2 unspecified atom stereocenters. The number of rotatable bonds is 1. The zero-order valence-electron chi connectivity index (χ0n) is 9.64. The third kappa shape index (κ3) is 1.01. The standard InChI is InChI=1S/C14H13NOS/c1-17-15-8-9-7-14(9)11-5-3-2-4-10(11)12(16)6-13(14)15/h2-6,9H,7-8H2,1H3. The molecule has 1 aromatic rings. The lowest BCUT2D eigenvalue weighted by molar-refractivity contribution is 0.104. The average Bonchev–Trinajstić information content (AvgIpc) is 2.99. The highest BCUT2D eigenvalue weighted by molar-refractivity contribution is 7.96. The topological polar surface area (TPSA) is 20.3 Å². The summed E-state index contributed by atoms with van der Waals surface area (Å²) in [5, 5.41) is 0. The molecule has 2 atom stereocenters. The first-order valence-corrected chi connectivity index (χ1v) is 7.13. The number of hydrogen-bond acceptors (Lipinski definition) is 3. The van der Waals surface area contributed by atoms with Gasteiger partial charge in [0, 0.05) is 35.6 Å². The zero-order chi connectivity index (χ0) is 11.6. The number of piperidine rings is 1. The predicted octanol–water partition coefficient (Wildman–Crippen LogP) is 2.62. The number of fused-ring (bicyclic) bond motifs is 1. The molecule has 1 aliphatic heterocycles. The van der Waals surface area contributed by atoms with Gasteiger partial charge in [-0.05, 0) is 17.9 Å². The van der Waals surface area contributed by atoms with Gasteiger partial charge in [-0.1, -0.05) is 36.2 Å². The van der Waals surface area contributed by atoms with Crippen LogP contribution in [0.2, 0.25) is 0 Å². The summed E-state index contributed by atoms with van der Waals surface area (Å²) >= 11 is 1.74. The van der Waals surface area contributed by atoms with Gasteiger partial charge in [0.25, 0.3) is 0 Å². The van der Waals surface area contributed by atoms with Crippen LogP contribution in [0.25, 0.3) is 0 Å². The van der Waals surface area contributed by atoms with Gasteiger partial charge in [-0.15, -0.1) is 0 Å². The Morgan fingerprint density at radius 1 is 1.41 bits per heavy atom. The van der Waals surface area contributed by atoms with Crippen LogP contribution < -0.4 is 0 Å². The second-order valence-electron chi connectivity index (χ2n) is 5.06. The lowest BCUT2D eigenvalue weighted by Gasteiger charge is -2.28. The fraction of sp³-hybridized carbons (Fsp3) is 0.357. The Kier molecular flexibility index (Phi) is 1.70. The van der Waals surface area contributed by atoms with Crippen LogP contribution in [0.3, 0.4) is 0 Å². The summed E-state index contributed by atoms with van der Waals surface area (Å²) < 4.78 is 2.29. The molecule has 2 aliphatic carbocycles. The molecule has 1 heterocycles. The fourth-order valence-electron chi connectivity index (χ4n) is 3.52. The molecule has 3 heteroatoms. The van der Waals surface area contributed by atoms with Crippen molar-refractivity contribution in [3.05, 3.63) is 47.2 Å². The monoisotopic (exact) mass is 243 g/mol. The molecule has 0 amide bonds. The summed E-state index contributed by atoms with van der Waals surface area (Å²) in [6, 6.07) is 8.13. The number of carbonyl (C=O) groups is 1. The van der Waals surface area contributed by atoms with Crippen molar-refractivity contribution in [3.8, 4) is 0 Å². The van der Waals surface area contributed by atoms with E-state index in [0.29, 0.717) is 0 Å². The fourth-order valence-corrected chi connectivity index (χ4v) is 4.26.